The lowest BCUT2D eigenvalue weighted by Crippen LogP contribution is -2.45. The summed E-state index contributed by atoms with van der Waals surface area (Å²) in [7, 11) is 1.45. The number of carboxylic acids is 1. The van der Waals surface area contributed by atoms with Gasteiger partial charge in [0.15, 0.2) is 0 Å². The molecule has 10 heteroatoms. The van der Waals surface area contributed by atoms with Crippen molar-refractivity contribution < 1.29 is 28.2 Å². The lowest BCUT2D eigenvalue weighted by atomic mass is 10.1. The Balaban J connectivity index is 1.51. The van der Waals surface area contributed by atoms with Gasteiger partial charge in [0.1, 0.15) is 24.4 Å². The van der Waals surface area contributed by atoms with Crippen molar-refractivity contribution in [3.63, 3.8) is 0 Å². The number of nitrogens with one attached hydrogen (secondary N) is 2. The SMILES string of the molecule is COC(CF)CN(CCCCc1ccc2c(n1)NCCC2)CCC(NC(=O)Cc1ccccc1F)C(=O)O. The van der Waals surface area contributed by atoms with Crippen LogP contribution in [0.1, 0.15) is 42.5 Å². The zero-order valence-corrected chi connectivity index (χ0v) is 21.9. The second kappa shape index (κ2) is 15.3. The number of unbranched alkanes of at least 4 members (excludes halogenated alkanes) is 1. The number of fused-ring (bicyclic) bond motifs is 1. The van der Waals surface area contributed by atoms with Crippen LogP contribution in [-0.2, 0) is 33.6 Å². The Kier molecular flexibility index (Phi) is 11.9. The molecule has 0 saturated heterocycles. The van der Waals surface area contributed by atoms with E-state index < -0.39 is 36.5 Å². The standard InChI is InChI=1S/C28H38F2N4O4/c1-38-23(18-29)19-34(15-5-4-9-22-12-11-20-8-6-14-31-27(20)32-22)16-13-25(28(36)37)33-26(35)17-21-7-2-3-10-24(21)30/h2-3,7,10-12,23,25H,4-6,8-9,13-19H2,1H3,(H,31,32)(H,33,35)(H,36,37). The molecule has 0 saturated carbocycles. The Morgan fingerprint density at radius 2 is 2.03 bits per heavy atom. The average molecular weight is 533 g/mol. The van der Waals surface area contributed by atoms with Crippen molar-refractivity contribution in [2.45, 2.75) is 57.1 Å². The van der Waals surface area contributed by atoms with Gasteiger partial charge in [-0.15, -0.1) is 0 Å². The van der Waals surface area contributed by atoms with Crippen LogP contribution in [-0.4, -0.2) is 79.0 Å². The summed E-state index contributed by atoms with van der Waals surface area (Å²) in [6.07, 6.45) is 3.90. The number of anilines is 1. The van der Waals surface area contributed by atoms with E-state index in [4.69, 9.17) is 9.72 Å². The van der Waals surface area contributed by atoms with Gasteiger partial charge in [0.05, 0.1) is 12.5 Å². The van der Waals surface area contributed by atoms with Crippen molar-refractivity contribution in [3.8, 4) is 0 Å². The Labute approximate surface area is 222 Å². The minimum atomic E-state index is -1.17. The highest BCUT2D eigenvalue weighted by molar-refractivity contribution is 5.84. The summed E-state index contributed by atoms with van der Waals surface area (Å²) in [6.45, 7) is 1.55. The normalized spacial score (nSPS) is 14.4. The monoisotopic (exact) mass is 532 g/mol. The molecule has 1 aromatic heterocycles. The number of hydrogen-bond donors (Lipinski definition) is 3. The zero-order chi connectivity index (χ0) is 27.3. The quantitative estimate of drug-likeness (QED) is 0.285. The Hall–Kier alpha value is -3.11. The molecule has 2 unspecified atom stereocenters. The van der Waals surface area contributed by atoms with Gasteiger partial charge in [-0.25, -0.2) is 18.6 Å². The molecule has 1 amide bonds. The van der Waals surface area contributed by atoms with Crippen LogP contribution >= 0.6 is 0 Å². The van der Waals surface area contributed by atoms with Gasteiger partial charge >= 0.3 is 5.97 Å². The molecule has 0 bridgehead atoms. The van der Waals surface area contributed by atoms with Gasteiger partial charge in [-0.1, -0.05) is 24.3 Å². The molecule has 3 rings (SSSR count). The molecule has 8 nitrogen and oxygen atoms in total. The van der Waals surface area contributed by atoms with Crippen molar-refractivity contribution >= 4 is 17.7 Å². The Morgan fingerprint density at radius 3 is 2.76 bits per heavy atom. The topological polar surface area (TPSA) is 104 Å². The number of rotatable bonds is 16. The first-order chi connectivity index (χ1) is 18.4. The van der Waals surface area contributed by atoms with Crippen LogP contribution in [0.25, 0.3) is 0 Å². The van der Waals surface area contributed by atoms with Crippen molar-refractivity contribution in [1.29, 1.82) is 0 Å². The molecule has 1 aliphatic heterocycles. The lowest BCUT2D eigenvalue weighted by Gasteiger charge is -2.27. The number of benzene rings is 1. The minimum Gasteiger partial charge on any atom is -0.480 e. The third-order valence-electron chi connectivity index (χ3n) is 6.75. The fraction of sp³-hybridized carbons (Fsp3) is 0.536. The van der Waals surface area contributed by atoms with Crippen molar-refractivity contribution in [3.05, 3.63) is 59.0 Å². The fourth-order valence-corrected chi connectivity index (χ4v) is 4.55. The number of carboxylic acid groups (broad SMARTS) is 1. The number of aromatic nitrogens is 1. The molecule has 2 heterocycles. The van der Waals surface area contributed by atoms with Gasteiger partial charge in [0, 0.05) is 32.4 Å². The van der Waals surface area contributed by atoms with Crippen molar-refractivity contribution in [1.82, 2.24) is 15.2 Å². The first-order valence-corrected chi connectivity index (χ1v) is 13.2. The van der Waals surface area contributed by atoms with Gasteiger partial charge in [-0.05, 0) is 68.3 Å². The van der Waals surface area contributed by atoms with Crippen LogP contribution in [0.5, 0.6) is 0 Å². The predicted octanol–water partition coefficient (Wildman–Crippen LogP) is 3.39. The van der Waals surface area contributed by atoms with E-state index in [1.807, 2.05) is 4.90 Å². The third-order valence-corrected chi connectivity index (χ3v) is 6.75. The van der Waals surface area contributed by atoms with Crippen LogP contribution in [0.2, 0.25) is 0 Å². The number of pyridine rings is 1. The minimum absolute atomic E-state index is 0.124. The summed E-state index contributed by atoms with van der Waals surface area (Å²) in [5.41, 5.74) is 2.47. The highest BCUT2D eigenvalue weighted by Gasteiger charge is 2.23. The summed E-state index contributed by atoms with van der Waals surface area (Å²) in [5.74, 6) is -1.29. The van der Waals surface area contributed by atoms with E-state index in [0.29, 0.717) is 19.6 Å². The number of hydrogen-bond acceptors (Lipinski definition) is 6. The van der Waals surface area contributed by atoms with E-state index in [1.165, 1.54) is 30.9 Å². The summed E-state index contributed by atoms with van der Waals surface area (Å²) in [4.78, 5) is 30.9. The maximum absolute atomic E-state index is 13.9. The molecule has 3 N–H and O–H groups in total. The number of carbonyl (C=O) groups excluding carboxylic acids is 1. The fourth-order valence-electron chi connectivity index (χ4n) is 4.55. The molecule has 208 valence electrons. The summed E-state index contributed by atoms with van der Waals surface area (Å²) >= 11 is 0. The number of carbonyl (C=O) groups is 2. The average Bonchev–Trinajstić information content (AvgIpc) is 2.92. The molecule has 0 radical (unpaired) electrons. The first kappa shape index (κ1) is 29.4. The summed E-state index contributed by atoms with van der Waals surface area (Å²) in [5, 5.41) is 15.5. The maximum atomic E-state index is 13.9. The number of aliphatic carboxylic acids is 1. The zero-order valence-electron chi connectivity index (χ0n) is 21.9. The number of methoxy groups -OCH3 is 1. The lowest BCUT2D eigenvalue weighted by molar-refractivity contribution is -0.142. The molecular weight excluding hydrogens is 494 g/mol. The second-order valence-electron chi connectivity index (χ2n) is 9.63. The van der Waals surface area contributed by atoms with Gasteiger partial charge in [-0.2, -0.15) is 0 Å². The van der Waals surface area contributed by atoms with Crippen molar-refractivity contribution in [2.75, 3.05) is 45.3 Å². The Morgan fingerprint density at radius 1 is 1.21 bits per heavy atom. The number of alkyl halides is 1. The van der Waals surface area contributed by atoms with E-state index in [2.05, 4.69) is 22.8 Å². The molecule has 0 spiro atoms. The highest BCUT2D eigenvalue weighted by atomic mass is 19.1. The molecule has 0 fully saturated rings. The van der Waals surface area contributed by atoms with Crippen LogP contribution in [0.15, 0.2) is 36.4 Å². The van der Waals surface area contributed by atoms with E-state index in [1.54, 1.807) is 6.07 Å². The molecular formula is C28H38F2N4O4. The molecule has 2 atom stereocenters. The largest absolute Gasteiger partial charge is 0.480 e. The molecule has 0 aliphatic carbocycles. The van der Waals surface area contributed by atoms with E-state index in [0.717, 1.165) is 50.2 Å². The van der Waals surface area contributed by atoms with Crippen molar-refractivity contribution in [2.24, 2.45) is 0 Å². The van der Waals surface area contributed by atoms with Crippen LogP contribution in [0.3, 0.4) is 0 Å². The van der Waals surface area contributed by atoms with Crippen LogP contribution in [0.4, 0.5) is 14.6 Å². The second-order valence-corrected chi connectivity index (χ2v) is 9.63. The van der Waals surface area contributed by atoms with E-state index in [-0.39, 0.29) is 18.4 Å². The highest BCUT2D eigenvalue weighted by Crippen LogP contribution is 2.20. The number of halogens is 2. The van der Waals surface area contributed by atoms with Gasteiger partial charge in [0.2, 0.25) is 5.91 Å². The molecule has 38 heavy (non-hydrogen) atoms. The third kappa shape index (κ3) is 9.33. The number of nitrogens with zero attached hydrogens (tertiary/aromatic N) is 2. The molecule has 2 aromatic rings. The number of amides is 1. The first-order valence-electron chi connectivity index (χ1n) is 13.2. The van der Waals surface area contributed by atoms with Gasteiger partial charge in [-0.3, -0.25) is 4.79 Å². The number of ether oxygens (including phenoxy) is 1. The molecule has 1 aromatic carbocycles. The summed E-state index contributed by atoms with van der Waals surface area (Å²) in [6, 6.07) is 8.94. The maximum Gasteiger partial charge on any atom is 0.326 e. The summed E-state index contributed by atoms with van der Waals surface area (Å²) < 4.78 is 32.4. The molecule has 1 aliphatic rings. The Bertz CT molecular complexity index is 1050. The van der Waals surface area contributed by atoms with Gasteiger partial charge < -0.3 is 25.4 Å². The predicted molar refractivity (Wildman–Crippen MR) is 141 cm³/mol. The van der Waals surface area contributed by atoms with Crippen LogP contribution in [0, 0.1) is 5.82 Å². The van der Waals surface area contributed by atoms with E-state index in [9.17, 15) is 23.5 Å². The number of aryl methyl sites for hydroxylation is 2. The van der Waals surface area contributed by atoms with Crippen LogP contribution < -0.4 is 10.6 Å². The smallest absolute Gasteiger partial charge is 0.326 e. The van der Waals surface area contributed by atoms with E-state index >= 15 is 0 Å². The van der Waals surface area contributed by atoms with Gasteiger partial charge in [0.25, 0.3) is 0 Å².